The summed E-state index contributed by atoms with van der Waals surface area (Å²) in [7, 11) is 0. The number of aliphatic hydroxyl groups excluding tert-OH is 1. The number of phenolic OH excluding ortho intramolecular Hbond substituents is 1. The number of nitrogens with zero attached hydrogens (tertiary/aromatic N) is 1. The molecule has 2 fully saturated rings. The van der Waals surface area contributed by atoms with Crippen LogP contribution in [0.5, 0.6) is 5.75 Å². The second-order valence-electron chi connectivity index (χ2n) is 12.7. The molecule has 0 aliphatic heterocycles. The van der Waals surface area contributed by atoms with Crippen molar-refractivity contribution in [3.63, 3.8) is 0 Å². The van der Waals surface area contributed by atoms with Gasteiger partial charge in [-0.1, -0.05) is 56.7 Å². The molecule has 0 bridgehead atoms. The maximum absolute atomic E-state index is 16.0. The summed E-state index contributed by atoms with van der Waals surface area (Å²) in [6, 6.07) is 15.9. The van der Waals surface area contributed by atoms with Gasteiger partial charge in [0, 0.05) is 25.4 Å². The van der Waals surface area contributed by atoms with Crippen molar-refractivity contribution in [3.8, 4) is 5.75 Å². The highest BCUT2D eigenvalue weighted by molar-refractivity contribution is 5.75. The molecule has 2 N–H and O–H groups in total. The predicted octanol–water partition coefficient (Wildman–Crippen LogP) is 6.83. The molecule has 2 saturated carbocycles. The number of hydrogen-bond acceptors (Lipinski definition) is 3. The highest BCUT2D eigenvalue weighted by Crippen LogP contribution is 2.63. The maximum Gasteiger partial charge on any atom is 0.222 e. The van der Waals surface area contributed by atoms with Crippen LogP contribution in [0.25, 0.3) is 0 Å². The van der Waals surface area contributed by atoms with Crippen LogP contribution in [0.2, 0.25) is 0 Å². The van der Waals surface area contributed by atoms with Crippen molar-refractivity contribution >= 4 is 5.91 Å². The van der Waals surface area contributed by atoms with E-state index in [-0.39, 0.29) is 28.9 Å². The number of carbonyl (C=O) groups excluding carboxylic acids is 1. The summed E-state index contributed by atoms with van der Waals surface area (Å²) in [6.45, 7) is 5.60. The Balaban J connectivity index is 1.25. The third kappa shape index (κ3) is 5.75. The van der Waals surface area contributed by atoms with E-state index in [2.05, 4.69) is 31.2 Å². The summed E-state index contributed by atoms with van der Waals surface area (Å²) in [5.74, 6) is 1.18. The van der Waals surface area contributed by atoms with E-state index in [1.807, 2.05) is 30.0 Å². The minimum atomic E-state index is -0.975. The van der Waals surface area contributed by atoms with E-state index in [1.165, 1.54) is 5.56 Å². The number of phenols is 1. The van der Waals surface area contributed by atoms with E-state index in [9.17, 15) is 15.0 Å². The first-order valence-corrected chi connectivity index (χ1v) is 15.3. The molecule has 212 valence electrons. The Kier molecular flexibility index (Phi) is 8.66. The number of fused-ring (bicyclic) bond motifs is 5. The minimum absolute atomic E-state index is 0.154. The van der Waals surface area contributed by atoms with Crippen LogP contribution in [0.3, 0.4) is 0 Å². The van der Waals surface area contributed by atoms with E-state index < -0.39 is 12.3 Å². The predicted molar refractivity (Wildman–Crippen MR) is 153 cm³/mol. The summed E-state index contributed by atoms with van der Waals surface area (Å²) in [5, 5.41) is 21.1. The zero-order chi connectivity index (χ0) is 27.6. The van der Waals surface area contributed by atoms with Gasteiger partial charge in [0.2, 0.25) is 5.91 Å². The van der Waals surface area contributed by atoms with Gasteiger partial charge in [-0.2, -0.15) is 0 Å². The lowest BCUT2D eigenvalue weighted by Crippen LogP contribution is -2.51. The number of carbonyl (C=O) groups is 1. The van der Waals surface area contributed by atoms with Crippen LogP contribution in [0.4, 0.5) is 4.39 Å². The summed E-state index contributed by atoms with van der Waals surface area (Å²) in [4.78, 5) is 14.7. The van der Waals surface area contributed by atoms with Crippen LogP contribution in [0, 0.1) is 23.2 Å². The van der Waals surface area contributed by atoms with Gasteiger partial charge in [0.15, 0.2) is 0 Å². The Labute approximate surface area is 233 Å². The lowest BCUT2D eigenvalue weighted by Gasteiger charge is -2.54. The summed E-state index contributed by atoms with van der Waals surface area (Å²) < 4.78 is 16.0. The molecule has 7 atom stereocenters. The number of aromatic hydroxyl groups is 1. The van der Waals surface area contributed by atoms with Crippen molar-refractivity contribution < 1.29 is 19.4 Å². The van der Waals surface area contributed by atoms with Crippen LogP contribution in [0.15, 0.2) is 48.5 Å². The number of rotatable bonds is 10. The number of aliphatic hydroxyl groups is 1. The Morgan fingerprint density at radius 3 is 2.62 bits per heavy atom. The SMILES string of the molecule is CCC(=O)N(CCCC[C@@H]1Cc2cc(O)ccc2C2C1C1CC[C@H](O)[C@@]1(C)C[C@@H]2F)CCCc1ccccc1. The summed E-state index contributed by atoms with van der Waals surface area (Å²) in [6.07, 6.45) is 7.01. The highest BCUT2D eigenvalue weighted by Gasteiger charge is 2.59. The third-order valence-corrected chi connectivity index (χ3v) is 10.4. The Morgan fingerprint density at radius 1 is 1.08 bits per heavy atom. The van der Waals surface area contributed by atoms with E-state index in [4.69, 9.17) is 0 Å². The molecule has 0 saturated heterocycles. The normalized spacial score (nSPS) is 31.3. The van der Waals surface area contributed by atoms with Crippen molar-refractivity contribution in [1.29, 1.82) is 0 Å². The number of unbranched alkanes of at least 4 members (excludes halogenated alkanes) is 1. The van der Waals surface area contributed by atoms with Gasteiger partial charge >= 0.3 is 0 Å². The van der Waals surface area contributed by atoms with Gasteiger partial charge in [-0.25, -0.2) is 4.39 Å². The number of halogens is 1. The second kappa shape index (κ2) is 12.0. The molecule has 3 aliphatic carbocycles. The molecule has 1 amide bonds. The lowest BCUT2D eigenvalue weighted by atomic mass is 9.51. The van der Waals surface area contributed by atoms with Crippen LogP contribution in [0.1, 0.15) is 87.8 Å². The minimum Gasteiger partial charge on any atom is -0.508 e. The molecule has 0 heterocycles. The Morgan fingerprint density at radius 2 is 1.85 bits per heavy atom. The van der Waals surface area contributed by atoms with Crippen molar-refractivity contribution in [3.05, 3.63) is 65.2 Å². The largest absolute Gasteiger partial charge is 0.508 e. The highest BCUT2D eigenvalue weighted by atomic mass is 19.1. The van der Waals surface area contributed by atoms with Crippen LogP contribution < -0.4 is 0 Å². The van der Waals surface area contributed by atoms with E-state index in [0.29, 0.717) is 24.7 Å². The zero-order valence-corrected chi connectivity index (χ0v) is 23.7. The van der Waals surface area contributed by atoms with Crippen molar-refractivity contribution in [2.45, 2.75) is 96.2 Å². The zero-order valence-electron chi connectivity index (χ0n) is 23.7. The average Bonchev–Trinajstić information content (AvgIpc) is 3.22. The first kappa shape index (κ1) is 28.1. The fourth-order valence-corrected chi connectivity index (χ4v) is 8.45. The van der Waals surface area contributed by atoms with Crippen LogP contribution in [-0.4, -0.2) is 46.4 Å². The molecule has 0 spiro atoms. The second-order valence-corrected chi connectivity index (χ2v) is 12.7. The van der Waals surface area contributed by atoms with Crippen LogP contribution >= 0.6 is 0 Å². The summed E-state index contributed by atoms with van der Waals surface area (Å²) >= 11 is 0. The van der Waals surface area contributed by atoms with E-state index in [0.717, 1.165) is 75.6 Å². The molecule has 39 heavy (non-hydrogen) atoms. The van der Waals surface area contributed by atoms with Gasteiger partial charge in [0.05, 0.1) is 6.10 Å². The Bertz CT molecular complexity index is 1120. The molecule has 0 aromatic heterocycles. The third-order valence-electron chi connectivity index (χ3n) is 10.4. The van der Waals surface area contributed by atoms with Gasteiger partial charge in [0.1, 0.15) is 11.9 Å². The first-order valence-electron chi connectivity index (χ1n) is 15.3. The van der Waals surface area contributed by atoms with Crippen molar-refractivity contribution in [2.24, 2.45) is 23.2 Å². The molecule has 5 rings (SSSR count). The number of amides is 1. The van der Waals surface area contributed by atoms with Gasteiger partial charge in [-0.3, -0.25) is 4.79 Å². The molecule has 2 aromatic rings. The van der Waals surface area contributed by atoms with Crippen molar-refractivity contribution in [2.75, 3.05) is 13.1 Å². The van der Waals surface area contributed by atoms with E-state index >= 15 is 4.39 Å². The number of alkyl halides is 1. The molecular formula is C34H46FNO3. The fraction of sp³-hybridized carbons (Fsp3) is 0.618. The van der Waals surface area contributed by atoms with Crippen molar-refractivity contribution in [1.82, 2.24) is 4.90 Å². The van der Waals surface area contributed by atoms with Crippen LogP contribution in [-0.2, 0) is 17.6 Å². The molecule has 3 unspecified atom stereocenters. The molecule has 3 aliphatic rings. The number of benzene rings is 2. The average molecular weight is 536 g/mol. The van der Waals surface area contributed by atoms with E-state index in [1.54, 1.807) is 6.07 Å². The molecule has 2 aromatic carbocycles. The summed E-state index contributed by atoms with van der Waals surface area (Å²) in [5.41, 5.74) is 3.12. The van der Waals surface area contributed by atoms with Gasteiger partial charge < -0.3 is 15.1 Å². The van der Waals surface area contributed by atoms with Gasteiger partial charge in [-0.05, 0) is 103 Å². The first-order chi connectivity index (χ1) is 18.8. The molecule has 4 nitrogen and oxygen atoms in total. The Hall–Kier alpha value is -2.40. The topological polar surface area (TPSA) is 60.8 Å². The molecule has 0 radical (unpaired) electrons. The lowest BCUT2D eigenvalue weighted by molar-refractivity contribution is -0.131. The number of hydrogen-bond donors (Lipinski definition) is 2. The maximum atomic E-state index is 16.0. The number of aryl methyl sites for hydroxylation is 1. The molecule has 5 heteroatoms. The van der Waals surface area contributed by atoms with Gasteiger partial charge in [0.25, 0.3) is 0 Å². The standard InChI is InChI=1S/C34H46FNO3/c1-3-31(39)36(19-9-12-23-10-5-4-6-11-23)18-8-7-13-24-20-25-21-26(37)14-15-27(25)33-29(35)22-34(2)28(32(24)33)16-17-30(34)38/h4-6,10-11,14-15,21,24,28-30,32-33,37-38H,3,7-9,12-13,16-20,22H2,1-2H3/t24-,28?,29+,30+,32?,33?,34+/m1/s1. The molecular weight excluding hydrogens is 489 g/mol. The quantitative estimate of drug-likeness (QED) is 0.328. The fourth-order valence-electron chi connectivity index (χ4n) is 8.45. The monoisotopic (exact) mass is 535 g/mol. The smallest absolute Gasteiger partial charge is 0.222 e. The van der Waals surface area contributed by atoms with Gasteiger partial charge in [-0.15, -0.1) is 0 Å².